The average Bonchev–Trinajstić information content (AvgIpc) is 2.61. The zero-order valence-electron chi connectivity index (χ0n) is 12.5. The Hall–Kier alpha value is -3.06. The summed E-state index contributed by atoms with van der Waals surface area (Å²) >= 11 is 0. The molecule has 0 atom stereocenters. The molecule has 0 aliphatic carbocycles. The molecule has 0 spiro atoms. The predicted molar refractivity (Wildman–Crippen MR) is 98.1 cm³/mol. The summed E-state index contributed by atoms with van der Waals surface area (Å²) in [4.78, 5) is 0. The van der Waals surface area contributed by atoms with Crippen LogP contribution in [0.15, 0.2) is 78.9 Å². The van der Waals surface area contributed by atoms with E-state index in [1.54, 1.807) is 6.07 Å². The largest absolute Gasteiger partial charge is 0.508 e. The van der Waals surface area contributed by atoms with E-state index in [0.717, 1.165) is 5.39 Å². The lowest BCUT2D eigenvalue weighted by Crippen LogP contribution is -1.85. The smallest absolute Gasteiger partial charge is 0.116 e. The van der Waals surface area contributed by atoms with E-state index in [9.17, 15) is 5.11 Å². The van der Waals surface area contributed by atoms with E-state index in [1.165, 1.54) is 37.7 Å². The fraction of sp³-hybridized carbons (Fsp3) is 0. The first-order chi connectivity index (χ1) is 11.3. The molecule has 1 heteroatoms. The molecule has 0 aliphatic rings. The van der Waals surface area contributed by atoms with Crippen LogP contribution in [0.2, 0.25) is 0 Å². The zero-order chi connectivity index (χ0) is 15.4. The molecule has 0 bridgehead atoms. The monoisotopic (exact) mass is 294 g/mol. The second-order valence-electron chi connectivity index (χ2n) is 5.98. The van der Waals surface area contributed by atoms with Crippen molar-refractivity contribution in [3.63, 3.8) is 0 Å². The number of aromatic hydroxyl groups is 1. The van der Waals surface area contributed by atoms with Gasteiger partial charge in [0.1, 0.15) is 5.75 Å². The maximum atomic E-state index is 10.0. The van der Waals surface area contributed by atoms with Gasteiger partial charge in [0.05, 0.1) is 0 Å². The molecule has 0 radical (unpaired) electrons. The number of rotatable bonds is 0. The van der Waals surface area contributed by atoms with Gasteiger partial charge in [-0.25, -0.2) is 0 Å². The summed E-state index contributed by atoms with van der Waals surface area (Å²) < 4.78 is 0. The first kappa shape index (κ1) is 12.5. The van der Waals surface area contributed by atoms with E-state index in [4.69, 9.17) is 0 Å². The lowest BCUT2D eigenvalue weighted by Gasteiger charge is -2.13. The van der Waals surface area contributed by atoms with Crippen molar-refractivity contribution in [1.82, 2.24) is 0 Å². The fourth-order valence-electron chi connectivity index (χ4n) is 3.71. The molecule has 0 fully saturated rings. The quantitative estimate of drug-likeness (QED) is 0.347. The van der Waals surface area contributed by atoms with E-state index in [1.807, 2.05) is 12.1 Å². The van der Waals surface area contributed by atoms with Crippen LogP contribution in [-0.4, -0.2) is 5.11 Å². The lowest BCUT2D eigenvalue weighted by molar-refractivity contribution is 0.476. The number of hydrogen-bond acceptors (Lipinski definition) is 1. The molecule has 5 rings (SSSR count). The second-order valence-corrected chi connectivity index (χ2v) is 5.98. The van der Waals surface area contributed by atoms with Crippen LogP contribution in [0.25, 0.3) is 43.1 Å². The molecule has 0 amide bonds. The molecule has 0 aliphatic heterocycles. The Morgan fingerprint density at radius 1 is 0.478 bits per heavy atom. The van der Waals surface area contributed by atoms with Crippen molar-refractivity contribution in [2.75, 3.05) is 0 Å². The van der Waals surface area contributed by atoms with E-state index in [-0.39, 0.29) is 0 Å². The first-order valence-electron chi connectivity index (χ1n) is 7.78. The van der Waals surface area contributed by atoms with Crippen molar-refractivity contribution < 1.29 is 5.11 Å². The average molecular weight is 294 g/mol. The summed E-state index contributed by atoms with van der Waals surface area (Å²) in [5, 5.41) is 19.7. The van der Waals surface area contributed by atoms with Gasteiger partial charge in [-0.05, 0) is 55.2 Å². The van der Waals surface area contributed by atoms with E-state index in [0.29, 0.717) is 5.75 Å². The molecule has 0 heterocycles. The van der Waals surface area contributed by atoms with Crippen molar-refractivity contribution in [2.24, 2.45) is 0 Å². The number of fused-ring (bicyclic) bond motifs is 8. The normalized spacial score (nSPS) is 11.7. The Bertz CT molecular complexity index is 1220. The molecular weight excluding hydrogens is 280 g/mol. The zero-order valence-corrected chi connectivity index (χ0v) is 12.5. The number of benzene rings is 5. The molecule has 0 unspecified atom stereocenters. The number of phenols is 1. The second kappa shape index (κ2) is 4.47. The van der Waals surface area contributed by atoms with Crippen LogP contribution >= 0.6 is 0 Å². The van der Waals surface area contributed by atoms with Crippen LogP contribution in [0.4, 0.5) is 0 Å². The highest BCUT2D eigenvalue weighted by molar-refractivity contribution is 6.31. The molecule has 1 N–H and O–H groups in total. The summed E-state index contributed by atoms with van der Waals surface area (Å²) in [7, 11) is 0. The summed E-state index contributed by atoms with van der Waals surface area (Å²) in [5.41, 5.74) is 0. The molecule has 0 saturated heterocycles. The molecule has 5 aromatic rings. The van der Waals surface area contributed by atoms with Gasteiger partial charge in [0.25, 0.3) is 0 Å². The third-order valence-corrected chi connectivity index (χ3v) is 4.71. The molecule has 5 aromatic carbocycles. The molecule has 0 saturated carbocycles. The van der Waals surface area contributed by atoms with Crippen molar-refractivity contribution in [2.45, 2.75) is 0 Å². The maximum absolute atomic E-state index is 10.0. The molecule has 23 heavy (non-hydrogen) atoms. The highest BCUT2D eigenvalue weighted by Gasteiger charge is 2.11. The topological polar surface area (TPSA) is 20.2 Å². The van der Waals surface area contributed by atoms with Crippen LogP contribution in [-0.2, 0) is 0 Å². The lowest BCUT2D eigenvalue weighted by atomic mass is 9.91. The highest BCUT2D eigenvalue weighted by atomic mass is 16.3. The summed E-state index contributed by atoms with van der Waals surface area (Å²) in [6.07, 6.45) is 0. The fourth-order valence-corrected chi connectivity index (χ4v) is 3.71. The van der Waals surface area contributed by atoms with Gasteiger partial charge in [-0.1, -0.05) is 66.7 Å². The van der Waals surface area contributed by atoms with Crippen LogP contribution in [0, 0.1) is 0 Å². The number of phenolic OH excluding ortho intramolecular Hbond substituents is 1. The van der Waals surface area contributed by atoms with Gasteiger partial charge in [-0.3, -0.25) is 0 Å². The van der Waals surface area contributed by atoms with E-state index in [2.05, 4.69) is 60.7 Å². The summed E-state index contributed by atoms with van der Waals surface area (Å²) in [6.45, 7) is 0. The molecular formula is C22H14O. The Morgan fingerprint density at radius 3 is 1.91 bits per heavy atom. The van der Waals surface area contributed by atoms with Crippen molar-refractivity contribution >= 4 is 43.1 Å². The molecule has 108 valence electrons. The summed E-state index contributed by atoms with van der Waals surface area (Å²) in [6, 6.07) is 27.0. The number of hydrogen-bond donors (Lipinski definition) is 1. The minimum atomic E-state index is 0.307. The Labute approximate surface area is 133 Å². The van der Waals surface area contributed by atoms with E-state index >= 15 is 0 Å². The van der Waals surface area contributed by atoms with E-state index < -0.39 is 0 Å². The van der Waals surface area contributed by atoms with Gasteiger partial charge in [0, 0.05) is 0 Å². The van der Waals surface area contributed by atoms with Crippen LogP contribution < -0.4 is 0 Å². The highest BCUT2D eigenvalue weighted by Crippen LogP contribution is 2.39. The third-order valence-electron chi connectivity index (χ3n) is 4.71. The van der Waals surface area contributed by atoms with Crippen molar-refractivity contribution in [3.8, 4) is 5.75 Å². The maximum Gasteiger partial charge on any atom is 0.116 e. The van der Waals surface area contributed by atoms with Crippen molar-refractivity contribution in [3.05, 3.63) is 78.9 Å². The van der Waals surface area contributed by atoms with Crippen molar-refractivity contribution in [1.29, 1.82) is 0 Å². The van der Waals surface area contributed by atoms with Gasteiger partial charge in [0.2, 0.25) is 0 Å². The minimum Gasteiger partial charge on any atom is -0.508 e. The van der Waals surface area contributed by atoms with Gasteiger partial charge in [-0.15, -0.1) is 0 Å². The molecule has 0 aromatic heterocycles. The Kier molecular flexibility index (Phi) is 2.42. The van der Waals surface area contributed by atoms with Gasteiger partial charge in [-0.2, -0.15) is 0 Å². The third kappa shape index (κ3) is 1.68. The van der Waals surface area contributed by atoms with Crippen LogP contribution in [0.1, 0.15) is 0 Å². The SMILES string of the molecule is Oc1ccc2c3ccccc3c3ccc4ccccc4c3c2c1. The Balaban J connectivity index is 2.23. The van der Waals surface area contributed by atoms with Gasteiger partial charge in [0.15, 0.2) is 0 Å². The van der Waals surface area contributed by atoms with Gasteiger partial charge >= 0.3 is 0 Å². The Morgan fingerprint density at radius 2 is 1.09 bits per heavy atom. The van der Waals surface area contributed by atoms with Crippen LogP contribution in [0.3, 0.4) is 0 Å². The first-order valence-corrected chi connectivity index (χ1v) is 7.78. The summed E-state index contributed by atoms with van der Waals surface area (Å²) in [5.74, 6) is 0.307. The van der Waals surface area contributed by atoms with Crippen LogP contribution in [0.5, 0.6) is 5.75 Å². The minimum absolute atomic E-state index is 0.307. The molecule has 1 nitrogen and oxygen atoms in total. The van der Waals surface area contributed by atoms with Gasteiger partial charge < -0.3 is 5.11 Å². The standard InChI is InChI=1S/C22H14O/c23-15-10-12-19-17-7-3-4-8-18(17)20-11-9-14-5-1-2-6-16(14)22(20)21(19)13-15/h1-13,23H. The predicted octanol–water partition coefficient (Wildman–Crippen LogP) is 6.01.